The Balaban J connectivity index is 1.67. The quantitative estimate of drug-likeness (QED) is 0.419. The number of aryl methyl sites for hydroxylation is 1. The topological polar surface area (TPSA) is 54.5 Å². The summed E-state index contributed by atoms with van der Waals surface area (Å²) in [7, 11) is 0. The molecule has 2 bridgehead atoms. The SMILES string of the molecule is CC[C@]12C(=O)[C@@](CC)(C(c3ccccc3)=C1c1ccccc1)[C@@H]1C(=O)N(c3ccc(C)cc3)C(=O)[C@H]12. The van der Waals surface area contributed by atoms with Crippen molar-refractivity contribution in [1.29, 1.82) is 0 Å². The van der Waals surface area contributed by atoms with Crippen LogP contribution in [0.3, 0.4) is 0 Å². The van der Waals surface area contributed by atoms with Crippen LogP contribution in [0.5, 0.6) is 0 Å². The Bertz CT molecular complexity index is 1340. The van der Waals surface area contributed by atoms with Gasteiger partial charge in [0.05, 0.1) is 28.4 Å². The van der Waals surface area contributed by atoms with Crippen molar-refractivity contribution in [3.63, 3.8) is 0 Å². The Morgan fingerprint density at radius 2 is 1.06 bits per heavy atom. The first kappa shape index (κ1) is 22.7. The number of carbonyl (C=O) groups is 3. The van der Waals surface area contributed by atoms with Crippen molar-refractivity contribution in [2.24, 2.45) is 22.7 Å². The monoisotopic (exact) mass is 475 g/mol. The lowest BCUT2D eigenvalue weighted by Gasteiger charge is -2.38. The molecule has 1 aliphatic heterocycles. The van der Waals surface area contributed by atoms with E-state index in [-0.39, 0.29) is 17.6 Å². The first-order chi connectivity index (χ1) is 17.4. The maximum absolute atomic E-state index is 14.7. The third-order valence-corrected chi connectivity index (χ3v) is 8.85. The van der Waals surface area contributed by atoms with E-state index in [9.17, 15) is 14.4 Å². The molecule has 6 rings (SSSR count). The van der Waals surface area contributed by atoms with E-state index in [2.05, 4.69) is 0 Å². The van der Waals surface area contributed by atoms with Crippen molar-refractivity contribution in [2.45, 2.75) is 33.6 Å². The second-order valence-electron chi connectivity index (χ2n) is 10.3. The van der Waals surface area contributed by atoms with Crippen molar-refractivity contribution < 1.29 is 14.4 Å². The van der Waals surface area contributed by atoms with Gasteiger partial charge in [0.2, 0.25) is 11.8 Å². The minimum Gasteiger partial charge on any atom is -0.298 e. The molecule has 0 spiro atoms. The molecule has 1 saturated heterocycles. The average molecular weight is 476 g/mol. The molecule has 0 N–H and O–H groups in total. The molecule has 4 heteroatoms. The zero-order valence-corrected chi connectivity index (χ0v) is 20.8. The third-order valence-electron chi connectivity index (χ3n) is 8.85. The normalized spacial score (nSPS) is 28.9. The first-order valence-corrected chi connectivity index (χ1v) is 12.8. The minimum absolute atomic E-state index is 0.0398. The molecule has 4 atom stereocenters. The number of amides is 2. The highest BCUT2D eigenvalue weighted by atomic mass is 16.2. The van der Waals surface area contributed by atoms with E-state index in [4.69, 9.17) is 0 Å². The van der Waals surface area contributed by atoms with Crippen LogP contribution in [0.25, 0.3) is 11.1 Å². The van der Waals surface area contributed by atoms with Gasteiger partial charge in [0.15, 0.2) is 5.78 Å². The van der Waals surface area contributed by atoms with Crippen LogP contribution in [0.1, 0.15) is 43.4 Å². The summed E-state index contributed by atoms with van der Waals surface area (Å²) in [5.41, 5.74) is 3.32. The largest absolute Gasteiger partial charge is 0.298 e. The highest BCUT2D eigenvalue weighted by Gasteiger charge is 2.80. The third kappa shape index (κ3) is 2.57. The fourth-order valence-electron chi connectivity index (χ4n) is 7.40. The van der Waals surface area contributed by atoms with E-state index in [1.807, 2.05) is 106 Å². The molecule has 0 aromatic heterocycles. The highest BCUT2D eigenvalue weighted by molar-refractivity contribution is 6.34. The molecular weight excluding hydrogens is 446 g/mol. The van der Waals surface area contributed by atoms with Gasteiger partial charge in [-0.15, -0.1) is 0 Å². The molecule has 2 amide bonds. The molecule has 3 aromatic rings. The van der Waals surface area contributed by atoms with Gasteiger partial charge in [-0.05, 0) is 54.2 Å². The van der Waals surface area contributed by atoms with E-state index in [1.165, 1.54) is 4.90 Å². The number of hydrogen-bond donors (Lipinski definition) is 0. The Hall–Kier alpha value is -3.79. The fraction of sp³-hybridized carbons (Fsp3) is 0.281. The second kappa shape index (κ2) is 7.86. The highest BCUT2D eigenvalue weighted by Crippen LogP contribution is 2.75. The van der Waals surface area contributed by atoms with Gasteiger partial charge in [0.1, 0.15) is 0 Å². The number of rotatable bonds is 5. The molecule has 4 nitrogen and oxygen atoms in total. The van der Waals surface area contributed by atoms with Crippen LogP contribution in [-0.2, 0) is 14.4 Å². The fourth-order valence-corrected chi connectivity index (χ4v) is 7.40. The van der Waals surface area contributed by atoms with Crippen LogP contribution >= 0.6 is 0 Å². The van der Waals surface area contributed by atoms with Crippen molar-refractivity contribution >= 4 is 34.4 Å². The maximum Gasteiger partial charge on any atom is 0.239 e. The van der Waals surface area contributed by atoms with Gasteiger partial charge in [0, 0.05) is 0 Å². The summed E-state index contributed by atoms with van der Waals surface area (Å²) < 4.78 is 0. The number of hydrogen-bond acceptors (Lipinski definition) is 3. The van der Waals surface area contributed by atoms with Crippen molar-refractivity contribution in [2.75, 3.05) is 4.90 Å². The van der Waals surface area contributed by atoms with Gasteiger partial charge in [-0.3, -0.25) is 14.4 Å². The smallest absolute Gasteiger partial charge is 0.239 e. The lowest BCUT2D eigenvalue weighted by molar-refractivity contribution is -0.134. The number of imide groups is 1. The Morgan fingerprint density at radius 1 is 0.639 bits per heavy atom. The molecule has 2 fully saturated rings. The number of Topliss-reactive ketones (excluding diaryl/α,β-unsaturated/α-hetero) is 1. The van der Waals surface area contributed by atoms with Gasteiger partial charge < -0.3 is 0 Å². The van der Waals surface area contributed by atoms with E-state index >= 15 is 0 Å². The molecular formula is C32H29NO3. The average Bonchev–Trinajstić information content (AvgIpc) is 3.41. The Labute approximate surface area is 211 Å². The summed E-state index contributed by atoms with van der Waals surface area (Å²) in [6.45, 7) is 5.96. The van der Waals surface area contributed by atoms with Crippen LogP contribution in [0.4, 0.5) is 5.69 Å². The molecule has 2 aliphatic carbocycles. The van der Waals surface area contributed by atoms with Crippen LogP contribution < -0.4 is 4.90 Å². The number of anilines is 1. The molecule has 0 radical (unpaired) electrons. The van der Waals surface area contributed by atoms with E-state index < -0.39 is 22.7 Å². The molecule has 1 heterocycles. The summed E-state index contributed by atoms with van der Waals surface area (Å²) in [6, 6.07) is 27.4. The van der Waals surface area contributed by atoms with E-state index in [0.29, 0.717) is 18.5 Å². The van der Waals surface area contributed by atoms with Gasteiger partial charge >= 0.3 is 0 Å². The second-order valence-corrected chi connectivity index (χ2v) is 10.3. The zero-order chi connectivity index (χ0) is 25.2. The Kier molecular flexibility index (Phi) is 4.95. The number of ketones is 1. The van der Waals surface area contributed by atoms with Crippen LogP contribution in [0, 0.1) is 29.6 Å². The lowest BCUT2D eigenvalue weighted by atomic mass is 9.60. The molecule has 3 aliphatic rings. The van der Waals surface area contributed by atoms with Gasteiger partial charge in [-0.25, -0.2) is 4.90 Å². The summed E-state index contributed by atoms with van der Waals surface area (Å²) in [5.74, 6) is -1.87. The van der Waals surface area contributed by atoms with Crippen LogP contribution in [0.15, 0.2) is 84.9 Å². The summed E-state index contributed by atoms with van der Waals surface area (Å²) in [5, 5.41) is 0. The maximum atomic E-state index is 14.7. The molecule has 3 aromatic carbocycles. The van der Waals surface area contributed by atoms with Crippen LogP contribution in [-0.4, -0.2) is 17.6 Å². The number of allylic oxidation sites excluding steroid dienone is 2. The molecule has 1 saturated carbocycles. The summed E-state index contributed by atoms with van der Waals surface area (Å²) in [4.78, 5) is 44.4. The van der Waals surface area contributed by atoms with Crippen molar-refractivity contribution in [3.8, 4) is 0 Å². The number of fused-ring (bicyclic) bond motifs is 5. The molecule has 0 unspecified atom stereocenters. The standard InChI is InChI=1S/C32H29NO3/c1-4-31-24(21-12-8-6-9-13-21)25(22-14-10-7-11-15-22)32(5-2,30(31)36)27-26(31)28(34)33(29(27)35)23-18-16-20(3)17-19-23/h6-19,26-27H,4-5H2,1-3H3/t26-,27-,31-,32-/m0/s1. The number of carbonyl (C=O) groups excluding carboxylic acids is 3. The van der Waals surface area contributed by atoms with Gasteiger partial charge in [-0.2, -0.15) is 0 Å². The number of benzene rings is 3. The first-order valence-electron chi connectivity index (χ1n) is 12.8. The minimum atomic E-state index is -1.04. The van der Waals surface area contributed by atoms with Crippen molar-refractivity contribution in [1.82, 2.24) is 0 Å². The van der Waals surface area contributed by atoms with E-state index in [1.54, 1.807) is 0 Å². The molecule has 36 heavy (non-hydrogen) atoms. The summed E-state index contributed by atoms with van der Waals surface area (Å²) >= 11 is 0. The lowest BCUT2D eigenvalue weighted by Crippen LogP contribution is -2.41. The van der Waals surface area contributed by atoms with Gasteiger partial charge in [0.25, 0.3) is 0 Å². The predicted molar refractivity (Wildman–Crippen MR) is 141 cm³/mol. The van der Waals surface area contributed by atoms with Gasteiger partial charge in [-0.1, -0.05) is 92.2 Å². The van der Waals surface area contributed by atoms with E-state index in [0.717, 1.165) is 27.8 Å². The Morgan fingerprint density at radius 3 is 1.44 bits per heavy atom. The molecule has 180 valence electrons. The van der Waals surface area contributed by atoms with Crippen molar-refractivity contribution in [3.05, 3.63) is 102 Å². The number of nitrogens with zero attached hydrogens (tertiary/aromatic N) is 1. The summed E-state index contributed by atoms with van der Waals surface area (Å²) in [6.07, 6.45) is 0.937. The van der Waals surface area contributed by atoms with Crippen LogP contribution in [0.2, 0.25) is 0 Å². The predicted octanol–water partition coefficient (Wildman–Crippen LogP) is 6.10. The zero-order valence-electron chi connectivity index (χ0n) is 20.8.